The molecular weight excluding hydrogens is 246 g/mol. The Bertz CT molecular complexity index is 493. The number of rotatable bonds is 7. The van der Waals surface area contributed by atoms with Gasteiger partial charge in [0.05, 0.1) is 5.69 Å². The van der Waals surface area contributed by atoms with E-state index in [1.165, 1.54) is 11.1 Å². The Morgan fingerprint density at radius 1 is 1.00 bits per heavy atom. The molecule has 3 nitrogen and oxygen atoms in total. The maximum Gasteiger partial charge on any atom is 0.0544 e. The highest BCUT2D eigenvalue weighted by atomic mass is 15.1. The average Bonchev–Trinajstić information content (AvgIpc) is 2.50. The highest BCUT2D eigenvalue weighted by Gasteiger charge is 2.05. The molecule has 0 bridgehead atoms. The first-order valence-corrected chi connectivity index (χ1v) is 7.22. The standard InChI is InChI=1S/C17H23N3/c1-2-20(14-17-5-3-4-12-19-17)13-16-8-6-15(7-9-16)10-11-18/h3-9,12H,2,10-11,13-14,18H2,1H3. The van der Waals surface area contributed by atoms with Gasteiger partial charge in [-0.05, 0) is 42.8 Å². The summed E-state index contributed by atoms with van der Waals surface area (Å²) in [7, 11) is 0. The van der Waals surface area contributed by atoms with Gasteiger partial charge >= 0.3 is 0 Å². The fraction of sp³-hybridized carbons (Fsp3) is 0.353. The van der Waals surface area contributed by atoms with Crippen LogP contribution in [0, 0.1) is 0 Å². The lowest BCUT2D eigenvalue weighted by molar-refractivity contribution is 0.268. The fourth-order valence-corrected chi connectivity index (χ4v) is 2.24. The normalized spacial score (nSPS) is 10.9. The van der Waals surface area contributed by atoms with Gasteiger partial charge < -0.3 is 5.73 Å². The summed E-state index contributed by atoms with van der Waals surface area (Å²) in [6, 6.07) is 14.8. The van der Waals surface area contributed by atoms with Crippen LogP contribution in [0.5, 0.6) is 0 Å². The molecule has 0 aliphatic carbocycles. The number of nitrogens with zero attached hydrogens (tertiary/aromatic N) is 2. The SMILES string of the molecule is CCN(Cc1ccc(CCN)cc1)Cc1ccccn1. The third-order valence-electron chi connectivity index (χ3n) is 3.42. The van der Waals surface area contributed by atoms with Gasteiger partial charge in [0.15, 0.2) is 0 Å². The van der Waals surface area contributed by atoms with E-state index in [0.29, 0.717) is 6.54 Å². The molecule has 20 heavy (non-hydrogen) atoms. The molecule has 1 heterocycles. The Hall–Kier alpha value is -1.71. The molecule has 0 radical (unpaired) electrons. The third-order valence-corrected chi connectivity index (χ3v) is 3.42. The molecule has 106 valence electrons. The van der Waals surface area contributed by atoms with Crippen molar-refractivity contribution in [3.05, 3.63) is 65.5 Å². The number of hydrogen-bond donors (Lipinski definition) is 1. The molecule has 1 aromatic carbocycles. The average molecular weight is 269 g/mol. The number of benzene rings is 1. The van der Waals surface area contributed by atoms with Crippen LogP contribution in [0.3, 0.4) is 0 Å². The maximum absolute atomic E-state index is 5.57. The Morgan fingerprint density at radius 3 is 2.35 bits per heavy atom. The lowest BCUT2D eigenvalue weighted by Gasteiger charge is -2.20. The van der Waals surface area contributed by atoms with Crippen LogP contribution in [0.15, 0.2) is 48.7 Å². The molecule has 0 spiro atoms. The Kier molecular flexibility index (Phi) is 5.71. The summed E-state index contributed by atoms with van der Waals surface area (Å²) in [6.45, 7) is 5.75. The summed E-state index contributed by atoms with van der Waals surface area (Å²) in [5.74, 6) is 0. The summed E-state index contributed by atoms with van der Waals surface area (Å²) in [5.41, 5.74) is 9.34. The highest BCUT2D eigenvalue weighted by Crippen LogP contribution is 2.10. The first-order valence-electron chi connectivity index (χ1n) is 7.22. The zero-order valence-electron chi connectivity index (χ0n) is 12.1. The van der Waals surface area contributed by atoms with E-state index in [1.807, 2.05) is 18.3 Å². The molecule has 0 saturated carbocycles. The summed E-state index contributed by atoms with van der Waals surface area (Å²) < 4.78 is 0. The van der Waals surface area contributed by atoms with E-state index in [0.717, 1.165) is 31.7 Å². The summed E-state index contributed by atoms with van der Waals surface area (Å²) >= 11 is 0. The minimum atomic E-state index is 0.708. The fourth-order valence-electron chi connectivity index (χ4n) is 2.24. The van der Waals surface area contributed by atoms with Crippen LogP contribution in [0.2, 0.25) is 0 Å². The predicted molar refractivity (Wildman–Crippen MR) is 83.2 cm³/mol. The number of pyridine rings is 1. The lowest BCUT2D eigenvalue weighted by Crippen LogP contribution is -2.22. The molecule has 0 amide bonds. The largest absolute Gasteiger partial charge is 0.330 e. The quantitative estimate of drug-likeness (QED) is 0.840. The van der Waals surface area contributed by atoms with Crippen LogP contribution in [0.1, 0.15) is 23.7 Å². The van der Waals surface area contributed by atoms with E-state index in [-0.39, 0.29) is 0 Å². The van der Waals surface area contributed by atoms with Crippen molar-refractivity contribution in [1.82, 2.24) is 9.88 Å². The van der Waals surface area contributed by atoms with Crippen LogP contribution < -0.4 is 5.73 Å². The zero-order valence-corrected chi connectivity index (χ0v) is 12.1. The minimum absolute atomic E-state index is 0.708. The zero-order chi connectivity index (χ0) is 14.2. The van der Waals surface area contributed by atoms with Crippen molar-refractivity contribution in [2.24, 2.45) is 5.73 Å². The lowest BCUT2D eigenvalue weighted by atomic mass is 10.1. The maximum atomic E-state index is 5.57. The van der Waals surface area contributed by atoms with Gasteiger partial charge in [0, 0.05) is 19.3 Å². The summed E-state index contributed by atoms with van der Waals surface area (Å²) in [4.78, 5) is 6.78. The molecule has 0 atom stereocenters. The van der Waals surface area contributed by atoms with Crippen LogP contribution in [-0.4, -0.2) is 23.0 Å². The Labute approximate surface area is 121 Å². The molecule has 2 aromatic rings. The van der Waals surface area contributed by atoms with Crippen LogP contribution in [-0.2, 0) is 19.5 Å². The van der Waals surface area contributed by atoms with Crippen LogP contribution in [0.25, 0.3) is 0 Å². The van der Waals surface area contributed by atoms with Gasteiger partial charge in [-0.3, -0.25) is 9.88 Å². The first kappa shape index (κ1) is 14.7. The second kappa shape index (κ2) is 7.78. The van der Waals surface area contributed by atoms with Crippen LogP contribution >= 0.6 is 0 Å². The Morgan fingerprint density at radius 2 is 1.75 bits per heavy atom. The topological polar surface area (TPSA) is 42.1 Å². The molecular formula is C17H23N3. The molecule has 0 aliphatic rings. The molecule has 2 N–H and O–H groups in total. The van der Waals surface area contributed by atoms with E-state index >= 15 is 0 Å². The van der Waals surface area contributed by atoms with Gasteiger partial charge in [-0.15, -0.1) is 0 Å². The Balaban J connectivity index is 1.95. The molecule has 1 aromatic heterocycles. The van der Waals surface area contributed by atoms with E-state index in [2.05, 4.69) is 47.1 Å². The van der Waals surface area contributed by atoms with Gasteiger partial charge in [0.1, 0.15) is 0 Å². The molecule has 0 unspecified atom stereocenters. The van der Waals surface area contributed by atoms with Gasteiger partial charge in [-0.2, -0.15) is 0 Å². The van der Waals surface area contributed by atoms with E-state index in [4.69, 9.17) is 5.73 Å². The highest BCUT2D eigenvalue weighted by molar-refractivity contribution is 5.22. The van der Waals surface area contributed by atoms with E-state index in [1.54, 1.807) is 0 Å². The smallest absolute Gasteiger partial charge is 0.0544 e. The van der Waals surface area contributed by atoms with Crippen molar-refractivity contribution < 1.29 is 0 Å². The molecule has 2 rings (SSSR count). The van der Waals surface area contributed by atoms with Crippen molar-refractivity contribution in [2.45, 2.75) is 26.4 Å². The molecule has 0 saturated heterocycles. The van der Waals surface area contributed by atoms with Crippen molar-refractivity contribution in [3.63, 3.8) is 0 Å². The molecule has 3 heteroatoms. The molecule has 0 fully saturated rings. The van der Waals surface area contributed by atoms with Gasteiger partial charge in [-0.25, -0.2) is 0 Å². The number of hydrogen-bond acceptors (Lipinski definition) is 3. The number of nitrogens with two attached hydrogens (primary N) is 1. The van der Waals surface area contributed by atoms with E-state index < -0.39 is 0 Å². The second-order valence-electron chi connectivity index (χ2n) is 4.98. The van der Waals surface area contributed by atoms with Gasteiger partial charge in [-0.1, -0.05) is 37.3 Å². The van der Waals surface area contributed by atoms with Crippen molar-refractivity contribution in [3.8, 4) is 0 Å². The first-order chi connectivity index (χ1) is 9.81. The predicted octanol–water partition coefficient (Wildman–Crippen LogP) is 2.60. The van der Waals surface area contributed by atoms with Crippen LogP contribution in [0.4, 0.5) is 0 Å². The van der Waals surface area contributed by atoms with Crippen molar-refractivity contribution in [1.29, 1.82) is 0 Å². The summed E-state index contributed by atoms with van der Waals surface area (Å²) in [6.07, 6.45) is 2.80. The van der Waals surface area contributed by atoms with Crippen molar-refractivity contribution >= 4 is 0 Å². The summed E-state index contributed by atoms with van der Waals surface area (Å²) in [5, 5.41) is 0. The monoisotopic (exact) mass is 269 g/mol. The second-order valence-corrected chi connectivity index (χ2v) is 4.98. The molecule has 0 aliphatic heterocycles. The third kappa shape index (κ3) is 4.44. The minimum Gasteiger partial charge on any atom is -0.330 e. The van der Waals surface area contributed by atoms with Crippen molar-refractivity contribution in [2.75, 3.05) is 13.1 Å². The number of aromatic nitrogens is 1. The van der Waals surface area contributed by atoms with E-state index in [9.17, 15) is 0 Å². The van der Waals surface area contributed by atoms with Gasteiger partial charge in [0.25, 0.3) is 0 Å². The van der Waals surface area contributed by atoms with Gasteiger partial charge in [0.2, 0.25) is 0 Å².